The number of ether oxygens (including phenoxy) is 1. The number of carboxylic acids is 1. The Hall–Kier alpha value is -1.98. The predicted octanol–water partition coefficient (Wildman–Crippen LogP) is 3.84. The summed E-state index contributed by atoms with van der Waals surface area (Å²) in [5.41, 5.74) is 0.443. The minimum atomic E-state index is -1.19. The van der Waals surface area contributed by atoms with Gasteiger partial charge in [-0.15, -0.1) is 0 Å². The number of hydrogen-bond acceptors (Lipinski definition) is 4. The summed E-state index contributed by atoms with van der Waals surface area (Å²) in [5, 5.41) is 12.4. The number of carboxylic acid groups (broad SMARTS) is 1. The molecule has 5 nitrogen and oxygen atoms in total. The van der Waals surface area contributed by atoms with Crippen molar-refractivity contribution < 1.29 is 14.6 Å². The lowest BCUT2D eigenvalue weighted by Gasteiger charge is -2.09. The lowest BCUT2D eigenvalue weighted by Crippen LogP contribution is -2.04. The Morgan fingerprint density at radius 3 is 2.60 bits per heavy atom. The van der Waals surface area contributed by atoms with Crippen LogP contribution in [0.4, 0.5) is 11.5 Å². The predicted molar refractivity (Wildman–Crippen MR) is 77.5 cm³/mol. The zero-order valence-electron chi connectivity index (χ0n) is 10.4. The van der Waals surface area contributed by atoms with Crippen molar-refractivity contribution >= 4 is 40.7 Å². The van der Waals surface area contributed by atoms with Crippen LogP contribution in [-0.4, -0.2) is 23.2 Å². The second kappa shape index (κ2) is 5.98. The van der Waals surface area contributed by atoms with Crippen molar-refractivity contribution in [1.82, 2.24) is 4.98 Å². The minimum absolute atomic E-state index is 0.0795. The lowest BCUT2D eigenvalue weighted by molar-refractivity contribution is 0.0691. The topological polar surface area (TPSA) is 71.5 Å². The first kappa shape index (κ1) is 14.4. The van der Waals surface area contributed by atoms with Crippen LogP contribution < -0.4 is 10.1 Å². The van der Waals surface area contributed by atoms with E-state index in [4.69, 9.17) is 33.0 Å². The Labute approximate surface area is 125 Å². The summed E-state index contributed by atoms with van der Waals surface area (Å²) in [6.07, 6.45) is 0. The third-order valence-electron chi connectivity index (χ3n) is 2.47. The van der Waals surface area contributed by atoms with Crippen LogP contribution in [0.2, 0.25) is 10.0 Å². The molecule has 1 aromatic heterocycles. The van der Waals surface area contributed by atoms with Gasteiger partial charge in [-0.05, 0) is 30.3 Å². The molecule has 0 bridgehead atoms. The third-order valence-corrected chi connectivity index (χ3v) is 3.07. The molecule has 2 N–H and O–H groups in total. The molecule has 0 amide bonds. The molecule has 0 fully saturated rings. The van der Waals surface area contributed by atoms with Crippen LogP contribution in [-0.2, 0) is 0 Å². The van der Waals surface area contributed by atoms with Crippen LogP contribution in [0.1, 0.15) is 10.5 Å². The van der Waals surface area contributed by atoms with Gasteiger partial charge in [0.05, 0.1) is 17.2 Å². The third kappa shape index (κ3) is 3.12. The normalized spacial score (nSPS) is 10.2. The first-order valence-electron chi connectivity index (χ1n) is 5.51. The second-order valence-electron chi connectivity index (χ2n) is 3.81. The second-order valence-corrected chi connectivity index (χ2v) is 4.62. The highest BCUT2D eigenvalue weighted by Crippen LogP contribution is 2.28. The standard InChI is InChI=1S/C13H10Cl2N2O3/c1-20-10-4-2-7(6-9(10)15)16-11-5-3-8(14)12(17-11)13(18)19/h2-6H,1H3,(H,16,17)(H,18,19). The Morgan fingerprint density at radius 1 is 1.25 bits per heavy atom. The molecule has 0 atom stereocenters. The highest BCUT2D eigenvalue weighted by molar-refractivity contribution is 6.33. The number of aromatic carboxylic acids is 1. The fourth-order valence-electron chi connectivity index (χ4n) is 1.55. The van der Waals surface area contributed by atoms with Gasteiger partial charge in [-0.1, -0.05) is 23.2 Å². The molecule has 7 heteroatoms. The van der Waals surface area contributed by atoms with Gasteiger partial charge < -0.3 is 15.2 Å². The Morgan fingerprint density at radius 2 is 2.00 bits per heavy atom. The number of pyridine rings is 1. The van der Waals surface area contributed by atoms with E-state index < -0.39 is 5.97 Å². The smallest absolute Gasteiger partial charge is 0.356 e. The number of carbonyl (C=O) groups is 1. The van der Waals surface area contributed by atoms with Crippen molar-refractivity contribution in [1.29, 1.82) is 0 Å². The van der Waals surface area contributed by atoms with Crippen LogP contribution in [0.15, 0.2) is 30.3 Å². The van der Waals surface area contributed by atoms with Crippen LogP contribution in [0, 0.1) is 0 Å². The van der Waals surface area contributed by atoms with E-state index in [0.717, 1.165) is 0 Å². The number of methoxy groups -OCH3 is 1. The summed E-state index contributed by atoms with van der Waals surface area (Å²) in [4.78, 5) is 14.9. The molecular formula is C13H10Cl2N2O3. The molecule has 0 saturated carbocycles. The van der Waals surface area contributed by atoms with Gasteiger partial charge in [0, 0.05) is 5.69 Å². The number of anilines is 2. The van der Waals surface area contributed by atoms with E-state index >= 15 is 0 Å². The lowest BCUT2D eigenvalue weighted by atomic mass is 10.3. The number of nitrogens with one attached hydrogen (secondary N) is 1. The summed E-state index contributed by atoms with van der Waals surface area (Å²) in [5.74, 6) is -0.285. The molecule has 2 rings (SSSR count). The molecule has 0 aliphatic carbocycles. The molecule has 0 unspecified atom stereocenters. The Kier molecular flexibility index (Phi) is 4.32. The zero-order valence-corrected chi connectivity index (χ0v) is 11.9. The Balaban J connectivity index is 2.28. The van der Waals surface area contributed by atoms with E-state index in [2.05, 4.69) is 10.3 Å². The van der Waals surface area contributed by atoms with Crippen LogP contribution >= 0.6 is 23.2 Å². The summed E-state index contributed by atoms with van der Waals surface area (Å²) in [6.45, 7) is 0. The Bertz CT molecular complexity index is 662. The van der Waals surface area contributed by atoms with Gasteiger partial charge in [0.1, 0.15) is 11.6 Å². The fourth-order valence-corrected chi connectivity index (χ4v) is 2.00. The molecule has 1 heterocycles. The zero-order chi connectivity index (χ0) is 14.7. The average Bonchev–Trinajstić information content (AvgIpc) is 2.41. The van der Waals surface area contributed by atoms with Gasteiger partial charge in [0.15, 0.2) is 5.69 Å². The van der Waals surface area contributed by atoms with Crippen molar-refractivity contribution in [2.45, 2.75) is 0 Å². The van der Waals surface area contributed by atoms with E-state index in [1.807, 2.05) is 0 Å². The molecule has 0 aliphatic rings. The molecule has 0 saturated heterocycles. The van der Waals surface area contributed by atoms with Gasteiger partial charge in [-0.2, -0.15) is 0 Å². The summed E-state index contributed by atoms with van der Waals surface area (Å²) in [6, 6.07) is 8.12. The summed E-state index contributed by atoms with van der Waals surface area (Å²) < 4.78 is 5.05. The molecule has 104 valence electrons. The van der Waals surface area contributed by atoms with Gasteiger partial charge >= 0.3 is 5.97 Å². The van der Waals surface area contributed by atoms with Crippen molar-refractivity contribution in [3.05, 3.63) is 46.1 Å². The fraction of sp³-hybridized carbons (Fsp3) is 0.0769. The number of nitrogens with zero attached hydrogens (tertiary/aromatic N) is 1. The van der Waals surface area contributed by atoms with Gasteiger partial charge in [0.2, 0.25) is 0 Å². The van der Waals surface area contributed by atoms with Crippen molar-refractivity contribution in [3.63, 3.8) is 0 Å². The first-order chi connectivity index (χ1) is 9.51. The van der Waals surface area contributed by atoms with Crippen molar-refractivity contribution in [3.8, 4) is 5.75 Å². The van der Waals surface area contributed by atoms with Crippen molar-refractivity contribution in [2.24, 2.45) is 0 Å². The van der Waals surface area contributed by atoms with Gasteiger partial charge in [-0.3, -0.25) is 0 Å². The van der Waals surface area contributed by atoms with Gasteiger partial charge in [0.25, 0.3) is 0 Å². The number of aromatic nitrogens is 1. The molecule has 1 aromatic carbocycles. The number of halogens is 2. The van der Waals surface area contributed by atoms with Crippen LogP contribution in [0.25, 0.3) is 0 Å². The number of rotatable bonds is 4. The highest BCUT2D eigenvalue weighted by atomic mass is 35.5. The maximum absolute atomic E-state index is 11.0. The van der Waals surface area contributed by atoms with E-state index in [-0.39, 0.29) is 10.7 Å². The SMILES string of the molecule is COc1ccc(Nc2ccc(Cl)c(C(=O)O)n2)cc1Cl. The highest BCUT2D eigenvalue weighted by Gasteiger charge is 2.11. The molecule has 0 spiro atoms. The van der Waals surface area contributed by atoms with Crippen molar-refractivity contribution in [2.75, 3.05) is 12.4 Å². The molecule has 0 radical (unpaired) electrons. The maximum Gasteiger partial charge on any atom is 0.356 e. The van der Waals surface area contributed by atoms with E-state index in [9.17, 15) is 4.79 Å². The quantitative estimate of drug-likeness (QED) is 0.897. The summed E-state index contributed by atoms with van der Waals surface area (Å²) >= 11 is 11.8. The molecule has 20 heavy (non-hydrogen) atoms. The molecule has 2 aromatic rings. The van der Waals surface area contributed by atoms with E-state index in [1.165, 1.54) is 13.2 Å². The van der Waals surface area contributed by atoms with Crippen LogP contribution in [0.3, 0.4) is 0 Å². The average molecular weight is 313 g/mol. The first-order valence-corrected chi connectivity index (χ1v) is 6.27. The van der Waals surface area contributed by atoms with Gasteiger partial charge in [-0.25, -0.2) is 9.78 Å². The van der Waals surface area contributed by atoms with Crippen LogP contribution in [0.5, 0.6) is 5.75 Å². The largest absolute Gasteiger partial charge is 0.495 e. The molecular weight excluding hydrogens is 303 g/mol. The monoisotopic (exact) mass is 312 g/mol. The minimum Gasteiger partial charge on any atom is -0.495 e. The van der Waals surface area contributed by atoms with E-state index in [1.54, 1.807) is 24.3 Å². The maximum atomic E-state index is 11.0. The summed E-state index contributed by atoms with van der Waals surface area (Å²) in [7, 11) is 1.52. The van der Waals surface area contributed by atoms with E-state index in [0.29, 0.717) is 22.3 Å². The number of hydrogen-bond donors (Lipinski definition) is 2. The molecule has 0 aliphatic heterocycles. The number of benzene rings is 1.